The SMILES string of the molecule is CC1(Cc2ccccc2)C(/C=C/C=C/C=C2\N(CCOC=O)c3c(c4ccccc4c4ccccc34)C2(Cc2ccccc2)Cc2ccccc2)=[N+](CCC(=O)O)c2c1c1ccccc1c1ccccc21. The van der Waals surface area contributed by atoms with Gasteiger partial charge in [-0.05, 0) is 92.9 Å². The van der Waals surface area contributed by atoms with Gasteiger partial charge in [0.1, 0.15) is 13.0 Å². The Morgan fingerprint density at radius 2 is 1.03 bits per heavy atom. The zero-order valence-corrected chi connectivity index (χ0v) is 39.9. The highest BCUT2D eigenvalue weighted by atomic mass is 16.5. The molecular weight excluding hydrogens is 873 g/mol. The lowest BCUT2D eigenvalue weighted by atomic mass is 9.69. The van der Waals surface area contributed by atoms with E-state index in [1.807, 2.05) is 0 Å². The van der Waals surface area contributed by atoms with Crippen molar-refractivity contribution in [2.24, 2.45) is 0 Å². The van der Waals surface area contributed by atoms with Crippen LogP contribution < -0.4 is 4.90 Å². The van der Waals surface area contributed by atoms with E-state index in [1.54, 1.807) is 0 Å². The van der Waals surface area contributed by atoms with E-state index in [9.17, 15) is 14.7 Å². The lowest BCUT2D eigenvalue weighted by Crippen LogP contribution is -2.37. The second-order valence-electron chi connectivity index (χ2n) is 19.1. The first kappa shape index (κ1) is 45.1. The molecule has 6 nitrogen and oxygen atoms in total. The summed E-state index contributed by atoms with van der Waals surface area (Å²) < 4.78 is 7.81. The second-order valence-corrected chi connectivity index (χ2v) is 19.1. The third-order valence-corrected chi connectivity index (χ3v) is 14.9. The van der Waals surface area contributed by atoms with E-state index in [-0.39, 0.29) is 13.0 Å². The molecule has 0 saturated heterocycles. The predicted molar refractivity (Wildman–Crippen MR) is 290 cm³/mol. The normalized spacial score (nSPS) is 16.8. The van der Waals surface area contributed by atoms with Crippen LogP contribution in [0.25, 0.3) is 43.1 Å². The summed E-state index contributed by atoms with van der Waals surface area (Å²) in [4.78, 5) is 26.7. The van der Waals surface area contributed by atoms with Crippen LogP contribution in [-0.2, 0) is 44.4 Å². The molecule has 9 aromatic carbocycles. The standard InChI is InChI=1S/C65H54N2O4/c1-64(42-46-22-6-2-7-23-46)57(66(39-38-59(69)70)62-55-34-20-16-30-51(55)49-28-14-18-32-53(49)60(62)64)36-12-5-13-37-58-65(43-47-24-8-3-9-25-47,44-48-26-10-4-11-27-48)61-54-33-19-15-29-50(54)52-31-17-21-35-56(52)63(61)67(58)40-41-71-45-68/h2-37,45H,38-44H2,1H3/p+1. The van der Waals surface area contributed by atoms with Crippen molar-refractivity contribution in [3.8, 4) is 0 Å². The van der Waals surface area contributed by atoms with Gasteiger partial charge >= 0.3 is 5.97 Å². The van der Waals surface area contributed by atoms with Crippen LogP contribution in [-0.4, -0.2) is 47.5 Å². The van der Waals surface area contributed by atoms with Crippen molar-refractivity contribution in [1.82, 2.24) is 0 Å². The van der Waals surface area contributed by atoms with Gasteiger partial charge in [0.25, 0.3) is 6.47 Å². The average Bonchev–Trinajstić information content (AvgIpc) is 3.81. The molecule has 0 amide bonds. The zero-order valence-electron chi connectivity index (χ0n) is 39.9. The van der Waals surface area contributed by atoms with E-state index in [2.05, 4.69) is 235 Å². The Kier molecular flexibility index (Phi) is 12.2. The molecule has 2 heterocycles. The molecule has 0 bridgehead atoms. The molecule has 0 aliphatic carbocycles. The van der Waals surface area contributed by atoms with E-state index in [0.29, 0.717) is 19.6 Å². The van der Waals surface area contributed by atoms with Crippen molar-refractivity contribution in [3.63, 3.8) is 0 Å². The van der Waals surface area contributed by atoms with E-state index in [0.717, 1.165) is 58.2 Å². The molecule has 2 aliphatic rings. The minimum atomic E-state index is -0.834. The number of rotatable bonds is 16. The summed E-state index contributed by atoms with van der Waals surface area (Å²) >= 11 is 0. The third kappa shape index (κ3) is 8.09. The fourth-order valence-corrected chi connectivity index (χ4v) is 12.1. The molecule has 0 fully saturated rings. The van der Waals surface area contributed by atoms with Crippen LogP contribution in [0.1, 0.15) is 41.2 Å². The Morgan fingerprint density at radius 3 is 1.58 bits per heavy atom. The maximum atomic E-state index is 12.4. The highest BCUT2D eigenvalue weighted by Gasteiger charge is 2.51. The fourth-order valence-electron chi connectivity index (χ4n) is 12.1. The number of ether oxygens (including phenoxy) is 1. The number of aliphatic carboxylic acids is 1. The van der Waals surface area contributed by atoms with Crippen LogP contribution in [0.5, 0.6) is 0 Å². The van der Waals surface area contributed by atoms with Crippen LogP contribution in [0.2, 0.25) is 0 Å². The van der Waals surface area contributed by atoms with Crippen LogP contribution in [0.15, 0.2) is 224 Å². The Hall–Kier alpha value is -8.35. The van der Waals surface area contributed by atoms with Crippen LogP contribution in [0, 0.1) is 0 Å². The minimum Gasteiger partial charge on any atom is -0.481 e. The number of anilines is 1. The van der Waals surface area contributed by atoms with Gasteiger partial charge in [-0.15, -0.1) is 0 Å². The topological polar surface area (TPSA) is 69.8 Å². The van der Waals surface area contributed by atoms with E-state index in [1.165, 1.54) is 54.7 Å². The number of hydrogen-bond donors (Lipinski definition) is 1. The summed E-state index contributed by atoms with van der Waals surface area (Å²) in [5, 5.41) is 19.6. The van der Waals surface area contributed by atoms with Crippen LogP contribution >= 0.6 is 0 Å². The summed E-state index contributed by atoms with van der Waals surface area (Å²) in [6.45, 7) is 3.87. The van der Waals surface area contributed by atoms with Crippen molar-refractivity contribution < 1.29 is 24.0 Å². The molecule has 1 N–H and O–H groups in total. The number of fused-ring (bicyclic) bond motifs is 12. The van der Waals surface area contributed by atoms with Crippen molar-refractivity contribution in [2.75, 3.05) is 24.6 Å². The van der Waals surface area contributed by atoms with Gasteiger partial charge in [-0.2, -0.15) is 4.58 Å². The maximum absolute atomic E-state index is 12.4. The van der Waals surface area contributed by atoms with Crippen molar-refractivity contribution >= 4 is 72.6 Å². The van der Waals surface area contributed by atoms with Gasteiger partial charge in [0.2, 0.25) is 5.69 Å². The molecule has 9 aromatic rings. The van der Waals surface area contributed by atoms with E-state index in [4.69, 9.17) is 4.74 Å². The third-order valence-electron chi connectivity index (χ3n) is 14.9. The number of carboxylic acids is 1. The lowest BCUT2D eigenvalue weighted by Gasteiger charge is -2.35. The van der Waals surface area contributed by atoms with Gasteiger partial charge in [-0.3, -0.25) is 9.59 Å². The lowest BCUT2D eigenvalue weighted by molar-refractivity contribution is -0.435. The Labute approximate surface area is 414 Å². The molecule has 0 saturated carbocycles. The maximum Gasteiger partial charge on any atom is 0.309 e. The van der Waals surface area contributed by atoms with Gasteiger partial charge in [0.05, 0.1) is 23.0 Å². The second kappa shape index (κ2) is 19.2. The summed E-state index contributed by atoms with van der Waals surface area (Å²) in [5.74, 6) is -0.834. The Balaban J connectivity index is 1.12. The van der Waals surface area contributed by atoms with Gasteiger partial charge < -0.3 is 14.7 Å². The van der Waals surface area contributed by atoms with Crippen LogP contribution in [0.4, 0.5) is 11.4 Å². The number of benzene rings is 9. The van der Waals surface area contributed by atoms with E-state index >= 15 is 0 Å². The first-order valence-electron chi connectivity index (χ1n) is 24.6. The highest BCUT2D eigenvalue weighted by Crippen LogP contribution is 2.57. The van der Waals surface area contributed by atoms with E-state index < -0.39 is 16.8 Å². The molecule has 6 heteroatoms. The molecule has 2 aliphatic heterocycles. The summed E-state index contributed by atoms with van der Waals surface area (Å²) in [7, 11) is 0. The first-order chi connectivity index (χ1) is 34.9. The summed E-state index contributed by atoms with van der Waals surface area (Å²) in [5.41, 5.74) is 9.46. The molecule has 11 rings (SSSR count). The molecule has 71 heavy (non-hydrogen) atoms. The number of carbonyl (C=O) groups excluding carboxylic acids is 1. The van der Waals surface area contributed by atoms with Gasteiger partial charge in [0.15, 0.2) is 12.3 Å². The molecule has 1 unspecified atom stereocenters. The summed E-state index contributed by atoms with van der Waals surface area (Å²) in [6.07, 6.45) is 13.1. The van der Waals surface area contributed by atoms with Crippen LogP contribution in [0.3, 0.4) is 0 Å². The monoisotopic (exact) mass is 927 g/mol. The number of carboxylic acid groups (broad SMARTS) is 1. The number of allylic oxidation sites excluding steroid dienone is 6. The highest BCUT2D eigenvalue weighted by molar-refractivity contribution is 6.20. The Bertz CT molecular complexity index is 3570. The summed E-state index contributed by atoms with van der Waals surface area (Å²) in [6, 6.07) is 66.9. The fraction of sp³-hybridized carbons (Fsp3) is 0.154. The minimum absolute atomic E-state index is 0.0141. The zero-order chi connectivity index (χ0) is 48.4. The number of nitrogens with zero attached hydrogens (tertiary/aromatic N) is 2. The molecule has 0 spiro atoms. The average molecular weight is 928 g/mol. The Morgan fingerprint density at radius 1 is 0.563 bits per heavy atom. The number of hydrogen-bond acceptors (Lipinski definition) is 4. The molecule has 0 radical (unpaired) electrons. The largest absolute Gasteiger partial charge is 0.481 e. The molecule has 1 atom stereocenters. The van der Waals surface area contributed by atoms with Gasteiger partial charge in [-0.1, -0.05) is 200 Å². The van der Waals surface area contributed by atoms with Crippen molar-refractivity contribution in [2.45, 2.75) is 43.4 Å². The molecule has 0 aromatic heterocycles. The van der Waals surface area contributed by atoms with Crippen molar-refractivity contribution in [1.29, 1.82) is 0 Å². The first-order valence-corrected chi connectivity index (χ1v) is 24.6. The number of carbonyl (C=O) groups is 2. The van der Waals surface area contributed by atoms with Gasteiger partial charge in [0, 0.05) is 28.1 Å². The van der Waals surface area contributed by atoms with Gasteiger partial charge in [-0.25, -0.2) is 0 Å². The molecule has 348 valence electrons. The smallest absolute Gasteiger partial charge is 0.309 e. The molecular formula is C65H55N2O4+. The predicted octanol–water partition coefficient (Wildman–Crippen LogP) is 13.8. The van der Waals surface area contributed by atoms with Crippen molar-refractivity contribution in [3.05, 3.63) is 252 Å². The quantitative estimate of drug-likeness (QED) is 0.0344.